The van der Waals surface area contributed by atoms with Gasteiger partial charge in [0.25, 0.3) is 0 Å². The topological polar surface area (TPSA) is 64.6 Å². The lowest BCUT2D eigenvalue weighted by molar-refractivity contribution is -0.127. The van der Waals surface area contributed by atoms with Crippen LogP contribution in [0.4, 0.5) is 0 Å². The summed E-state index contributed by atoms with van der Waals surface area (Å²) in [6.07, 6.45) is 5.75. The lowest BCUT2D eigenvalue weighted by Gasteiger charge is -2.36. The molecule has 3 N–H and O–H groups in total. The van der Waals surface area contributed by atoms with Gasteiger partial charge in [-0.05, 0) is 19.3 Å². The molecule has 0 radical (unpaired) electrons. The lowest BCUT2D eigenvalue weighted by atomic mass is 9.99. The Morgan fingerprint density at radius 1 is 1.45 bits per heavy atom. The summed E-state index contributed by atoms with van der Waals surface area (Å²) in [7, 11) is 0. The predicted octanol–water partition coefficient (Wildman–Crippen LogP) is 0.338. The number of β-amino-alcohol motifs (C(OH)–C–C–N with tert-alkyl or cyclic N) is 1. The number of carbonyl (C=O) groups excluding carboxylic acids is 1. The summed E-state index contributed by atoms with van der Waals surface area (Å²) in [5.74, 6) is 0.767. The van der Waals surface area contributed by atoms with Crippen molar-refractivity contribution >= 4 is 5.91 Å². The van der Waals surface area contributed by atoms with Gasteiger partial charge < -0.3 is 15.7 Å². The van der Waals surface area contributed by atoms with Crippen molar-refractivity contribution < 1.29 is 9.90 Å². The first-order chi connectivity index (χ1) is 9.70. The standard InChI is InChI=1S/C15H29N3O2/c1-2-17-15(20)14-10-16-7-8-18(14)11-13(19)9-12-5-3-4-6-12/h12-14,16,19H,2-11H2,1H3,(H,17,20). The van der Waals surface area contributed by atoms with Crippen LogP contribution in [0.25, 0.3) is 0 Å². The largest absolute Gasteiger partial charge is 0.392 e. The molecule has 1 amide bonds. The summed E-state index contributed by atoms with van der Waals surface area (Å²) in [6.45, 7) is 5.64. The molecule has 2 fully saturated rings. The number of hydrogen-bond acceptors (Lipinski definition) is 4. The third kappa shape index (κ3) is 4.43. The first-order valence-electron chi connectivity index (χ1n) is 8.11. The number of hydrogen-bond donors (Lipinski definition) is 3. The minimum absolute atomic E-state index is 0.0766. The van der Waals surface area contributed by atoms with Crippen LogP contribution in [-0.4, -0.2) is 60.8 Å². The third-order valence-electron chi connectivity index (χ3n) is 4.53. The highest BCUT2D eigenvalue weighted by Crippen LogP contribution is 2.28. The third-order valence-corrected chi connectivity index (χ3v) is 4.53. The van der Waals surface area contributed by atoms with E-state index in [-0.39, 0.29) is 18.1 Å². The molecule has 0 aromatic carbocycles. The molecule has 1 aliphatic heterocycles. The highest BCUT2D eigenvalue weighted by atomic mass is 16.3. The van der Waals surface area contributed by atoms with Crippen LogP contribution in [0, 0.1) is 5.92 Å². The number of aliphatic hydroxyl groups excluding tert-OH is 1. The molecule has 1 aliphatic carbocycles. The maximum atomic E-state index is 12.1. The van der Waals surface area contributed by atoms with Gasteiger partial charge >= 0.3 is 0 Å². The Morgan fingerprint density at radius 3 is 2.90 bits per heavy atom. The van der Waals surface area contributed by atoms with Crippen molar-refractivity contribution in [2.45, 2.75) is 51.2 Å². The van der Waals surface area contributed by atoms with Gasteiger partial charge in [0.1, 0.15) is 6.04 Å². The molecule has 0 aromatic heterocycles. The molecule has 2 rings (SSSR count). The zero-order chi connectivity index (χ0) is 14.4. The number of carbonyl (C=O) groups is 1. The monoisotopic (exact) mass is 283 g/mol. The molecule has 0 aromatic rings. The minimum Gasteiger partial charge on any atom is -0.392 e. The Labute approximate surface area is 122 Å². The van der Waals surface area contributed by atoms with E-state index in [1.54, 1.807) is 0 Å². The minimum atomic E-state index is -0.298. The van der Waals surface area contributed by atoms with E-state index in [4.69, 9.17) is 0 Å². The van der Waals surface area contributed by atoms with E-state index >= 15 is 0 Å². The van der Waals surface area contributed by atoms with Gasteiger partial charge in [-0.1, -0.05) is 25.7 Å². The number of likely N-dealkylation sites (N-methyl/N-ethyl adjacent to an activating group) is 1. The summed E-state index contributed by atoms with van der Waals surface area (Å²) in [5.41, 5.74) is 0. The zero-order valence-electron chi connectivity index (χ0n) is 12.6. The molecule has 0 spiro atoms. The van der Waals surface area contributed by atoms with E-state index in [0.717, 1.165) is 19.5 Å². The molecule has 1 heterocycles. The molecule has 1 saturated heterocycles. The van der Waals surface area contributed by atoms with E-state index in [0.29, 0.717) is 25.6 Å². The number of amides is 1. The summed E-state index contributed by atoms with van der Waals surface area (Å²) >= 11 is 0. The van der Waals surface area contributed by atoms with Gasteiger partial charge in [0.05, 0.1) is 6.10 Å². The van der Waals surface area contributed by atoms with Gasteiger partial charge in [0.2, 0.25) is 5.91 Å². The average molecular weight is 283 g/mol. The Hall–Kier alpha value is -0.650. The van der Waals surface area contributed by atoms with E-state index in [1.807, 2.05) is 6.92 Å². The van der Waals surface area contributed by atoms with Gasteiger partial charge in [-0.15, -0.1) is 0 Å². The number of nitrogens with one attached hydrogen (secondary N) is 2. The molecule has 116 valence electrons. The molecule has 5 heteroatoms. The van der Waals surface area contributed by atoms with E-state index < -0.39 is 0 Å². The molecule has 0 bridgehead atoms. The Kier molecular flexibility index (Phi) is 6.26. The summed E-state index contributed by atoms with van der Waals surface area (Å²) in [4.78, 5) is 14.2. The molecule has 20 heavy (non-hydrogen) atoms. The number of aliphatic hydroxyl groups is 1. The number of rotatable bonds is 6. The molecule has 2 atom stereocenters. The van der Waals surface area contributed by atoms with Crippen LogP contribution in [0.5, 0.6) is 0 Å². The summed E-state index contributed by atoms with van der Waals surface area (Å²) < 4.78 is 0. The van der Waals surface area contributed by atoms with Crippen LogP contribution < -0.4 is 10.6 Å². The molecular formula is C15H29N3O2. The number of nitrogens with zero attached hydrogens (tertiary/aromatic N) is 1. The van der Waals surface area contributed by atoms with Crippen LogP contribution in [0.2, 0.25) is 0 Å². The van der Waals surface area contributed by atoms with Crippen molar-refractivity contribution in [2.24, 2.45) is 5.92 Å². The van der Waals surface area contributed by atoms with Crippen LogP contribution in [0.15, 0.2) is 0 Å². The van der Waals surface area contributed by atoms with Gasteiger partial charge in [0, 0.05) is 32.7 Å². The highest BCUT2D eigenvalue weighted by molar-refractivity contribution is 5.82. The van der Waals surface area contributed by atoms with Crippen LogP contribution >= 0.6 is 0 Å². The van der Waals surface area contributed by atoms with Gasteiger partial charge in [-0.3, -0.25) is 9.69 Å². The molecule has 1 saturated carbocycles. The predicted molar refractivity (Wildman–Crippen MR) is 79.5 cm³/mol. The molecule has 5 nitrogen and oxygen atoms in total. The Bertz CT molecular complexity index is 305. The fourth-order valence-electron chi connectivity index (χ4n) is 3.49. The number of piperazine rings is 1. The second-order valence-corrected chi connectivity index (χ2v) is 6.15. The van der Waals surface area contributed by atoms with Crippen molar-refractivity contribution in [2.75, 3.05) is 32.7 Å². The van der Waals surface area contributed by atoms with E-state index in [1.165, 1.54) is 25.7 Å². The quantitative estimate of drug-likeness (QED) is 0.658. The Balaban J connectivity index is 1.82. The maximum absolute atomic E-state index is 12.1. The second-order valence-electron chi connectivity index (χ2n) is 6.15. The van der Waals surface area contributed by atoms with Crippen molar-refractivity contribution in [3.63, 3.8) is 0 Å². The van der Waals surface area contributed by atoms with Crippen molar-refractivity contribution in [1.29, 1.82) is 0 Å². The smallest absolute Gasteiger partial charge is 0.238 e. The van der Waals surface area contributed by atoms with Crippen molar-refractivity contribution in [3.05, 3.63) is 0 Å². The SMILES string of the molecule is CCNC(=O)C1CNCCN1CC(O)CC1CCCC1. The van der Waals surface area contributed by atoms with Crippen LogP contribution in [0.3, 0.4) is 0 Å². The summed E-state index contributed by atoms with van der Waals surface area (Å²) in [6, 6.07) is -0.137. The first-order valence-corrected chi connectivity index (χ1v) is 8.11. The van der Waals surface area contributed by atoms with E-state index in [2.05, 4.69) is 15.5 Å². The maximum Gasteiger partial charge on any atom is 0.238 e. The molecule has 2 aliphatic rings. The van der Waals surface area contributed by atoms with Gasteiger partial charge in [0.15, 0.2) is 0 Å². The normalized spacial score (nSPS) is 26.6. The lowest BCUT2D eigenvalue weighted by Crippen LogP contribution is -2.59. The van der Waals surface area contributed by atoms with Gasteiger partial charge in [-0.2, -0.15) is 0 Å². The second kappa shape index (κ2) is 7.96. The fourth-order valence-corrected chi connectivity index (χ4v) is 3.49. The Morgan fingerprint density at radius 2 is 2.20 bits per heavy atom. The van der Waals surface area contributed by atoms with E-state index in [9.17, 15) is 9.90 Å². The first kappa shape index (κ1) is 15.7. The molecular weight excluding hydrogens is 254 g/mol. The zero-order valence-corrected chi connectivity index (χ0v) is 12.6. The fraction of sp³-hybridized carbons (Fsp3) is 0.933. The molecule has 2 unspecified atom stereocenters. The van der Waals surface area contributed by atoms with Crippen LogP contribution in [-0.2, 0) is 4.79 Å². The average Bonchev–Trinajstić information content (AvgIpc) is 2.92. The van der Waals surface area contributed by atoms with Crippen molar-refractivity contribution in [3.8, 4) is 0 Å². The highest BCUT2D eigenvalue weighted by Gasteiger charge is 2.30. The van der Waals surface area contributed by atoms with Gasteiger partial charge in [-0.25, -0.2) is 0 Å². The summed E-state index contributed by atoms with van der Waals surface area (Å²) in [5, 5.41) is 16.5. The van der Waals surface area contributed by atoms with Crippen molar-refractivity contribution in [1.82, 2.24) is 15.5 Å². The van der Waals surface area contributed by atoms with Crippen LogP contribution in [0.1, 0.15) is 39.0 Å².